The van der Waals surface area contributed by atoms with Gasteiger partial charge >= 0.3 is 0 Å². The van der Waals surface area contributed by atoms with E-state index in [1.807, 2.05) is 83.4 Å². The fourth-order valence-corrected chi connectivity index (χ4v) is 4.59. The number of benzene rings is 1. The van der Waals surface area contributed by atoms with Crippen molar-refractivity contribution in [3.63, 3.8) is 0 Å². The van der Waals surface area contributed by atoms with Gasteiger partial charge in [-0.2, -0.15) is 4.37 Å². The number of H-pyrrole nitrogens is 1. The third kappa shape index (κ3) is 4.32. The molecule has 4 aromatic rings. The van der Waals surface area contributed by atoms with Crippen LogP contribution in [0.1, 0.15) is 11.3 Å². The van der Waals surface area contributed by atoms with E-state index in [-0.39, 0.29) is 12.3 Å². The van der Waals surface area contributed by atoms with Gasteiger partial charge in [-0.25, -0.2) is 4.99 Å². The van der Waals surface area contributed by atoms with Gasteiger partial charge in [-0.3, -0.25) is 19.2 Å². The largest absolute Gasteiger partial charge is 0.340 e. The number of aromatic nitrogens is 3. The van der Waals surface area contributed by atoms with Crippen LogP contribution in [0, 0.1) is 0 Å². The van der Waals surface area contributed by atoms with Crippen molar-refractivity contribution in [2.24, 2.45) is 15.0 Å². The first-order chi connectivity index (χ1) is 17.2. The van der Waals surface area contributed by atoms with E-state index in [4.69, 9.17) is 0 Å². The van der Waals surface area contributed by atoms with Crippen molar-refractivity contribution in [2.45, 2.75) is 6.42 Å². The summed E-state index contributed by atoms with van der Waals surface area (Å²) in [6.45, 7) is 0. The minimum atomic E-state index is -0.111. The van der Waals surface area contributed by atoms with Crippen LogP contribution in [0.5, 0.6) is 0 Å². The van der Waals surface area contributed by atoms with Gasteiger partial charge in [-0.15, -0.1) is 0 Å². The Kier molecular flexibility index (Phi) is 5.36. The van der Waals surface area contributed by atoms with Crippen LogP contribution in [0.15, 0.2) is 111 Å². The molecule has 2 aliphatic heterocycles. The normalized spacial score (nSPS) is 17.0. The van der Waals surface area contributed by atoms with Gasteiger partial charge in [0, 0.05) is 35.7 Å². The number of aliphatic imine (C=N–C) groups is 2. The standard InChI is InChI=1S/C26H19N7OS/c34-24(31-22-11-10-21(30-22)25-19(12-14-28-25)20-4-3-13-27-20)16-17-6-8-18(9-7-17)29-26-33-15-2-1-5-23(33)32-35-26/h1-15,30H,16H2,(H,31,34). The minimum Gasteiger partial charge on any atom is -0.340 e. The fourth-order valence-electron chi connectivity index (χ4n) is 3.88. The molecule has 1 amide bonds. The SMILES string of the molecule is O=C(Cc1ccc(N=c2snc3ccccn23)cc1)Nc1ccc(C2=NC=CC2=C2C=CC=N2)[nH]1. The Morgan fingerprint density at radius 2 is 2.00 bits per heavy atom. The quantitative estimate of drug-likeness (QED) is 0.447. The lowest BCUT2D eigenvalue weighted by Crippen LogP contribution is -2.15. The van der Waals surface area contributed by atoms with Gasteiger partial charge in [0.05, 0.1) is 29.2 Å². The number of nitrogens with zero attached hydrogens (tertiary/aromatic N) is 5. The maximum atomic E-state index is 12.6. The van der Waals surface area contributed by atoms with E-state index in [2.05, 4.69) is 29.7 Å². The number of pyridine rings is 1. The van der Waals surface area contributed by atoms with Gasteiger partial charge < -0.3 is 10.3 Å². The molecule has 2 aliphatic rings. The first-order valence-electron chi connectivity index (χ1n) is 11.0. The lowest BCUT2D eigenvalue weighted by molar-refractivity contribution is -0.115. The van der Waals surface area contributed by atoms with Crippen LogP contribution in [0.3, 0.4) is 0 Å². The van der Waals surface area contributed by atoms with Crippen molar-refractivity contribution in [3.8, 4) is 0 Å². The molecule has 170 valence electrons. The van der Waals surface area contributed by atoms with Crippen molar-refractivity contribution in [1.82, 2.24) is 13.8 Å². The zero-order chi connectivity index (χ0) is 23.6. The van der Waals surface area contributed by atoms with Gasteiger partial charge in [0.15, 0.2) is 5.65 Å². The number of hydrogen-bond acceptors (Lipinski definition) is 6. The van der Waals surface area contributed by atoms with E-state index in [0.717, 1.165) is 44.4 Å². The van der Waals surface area contributed by atoms with Crippen LogP contribution in [-0.4, -0.2) is 31.6 Å². The molecule has 0 aliphatic carbocycles. The molecule has 3 aromatic heterocycles. The van der Waals surface area contributed by atoms with Crippen LogP contribution >= 0.6 is 11.5 Å². The predicted molar refractivity (Wildman–Crippen MR) is 138 cm³/mol. The Labute approximate surface area is 204 Å². The van der Waals surface area contributed by atoms with Crippen molar-refractivity contribution >= 4 is 46.5 Å². The number of anilines is 1. The summed E-state index contributed by atoms with van der Waals surface area (Å²) in [7, 11) is 0. The average Bonchev–Trinajstić information content (AvgIpc) is 3.67. The summed E-state index contributed by atoms with van der Waals surface area (Å²) in [6, 6.07) is 17.2. The first kappa shape index (κ1) is 20.9. The second kappa shape index (κ2) is 8.96. The van der Waals surface area contributed by atoms with Gasteiger partial charge in [0.2, 0.25) is 10.7 Å². The summed E-state index contributed by atoms with van der Waals surface area (Å²) in [4.78, 5) is 30.1. The molecule has 0 bridgehead atoms. The topological polar surface area (TPSA) is 99.3 Å². The van der Waals surface area contributed by atoms with E-state index < -0.39 is 0 Å². The van der Waals surface area contributed by atoms with E-state index in [0.29, 0.717) is 5.82 Å². The Hall–Kier alpha value is -4.63. The Morgan fingerprint density at radius 1 is 1.09 bits per heavy atom. The number of hydrogen-bond donors (Lipinski definition) is 2. The molecule has 8 nitrogen and oxygen atoms in total. The Morgan fingerprint density at radius 3 is 2.86 bits per heavy atom. The summed E-state index contributed by atoms with van der Waals surface area (Å²) in [6.07, 6.45) is 11.5. The number of carbonyl (C=O) groups excluding carboxylic acids is 1. The molecule has 0 radical (unpaired) electrons. The fraction of sp³-hybridized carbons (Fsp3) is 0.0385. The highest BCUT2D eigenvalue weighted by molar-refractivity contribution is 7.03. The van der Waals surface area contributed by atoms with Gasteiger partial charge in [-0.1, -0.05) is 18.2 Å². The van der Waals surface area contributed by atoms with E-state index in [1.165, 1.54) is 11.5 Å². The van der Waals surface area contributed by atoms with E-state index in [9.17, 15) is 4.79 Å². The molecule has 6 rings (SSSR count). The second-order valence-electron chi connectivity index (χ2n) is 7.91. The van der Waals surface area contributed by atoms with Gasteiger partial charge in [0.1, 0.15) is 5.82 Å². The molecule has 0 saturated carbocycles. The molecule has 0 saturated heterocycles. The van der Waals surface area contributed by atoms with E-state index >= 15 is 0 Å². The van der Waals surface area contributed by atoms with Crippen molar-refractivity contribution in [3.05, 3.63) is 113 Å². The molecule has 35 heavy (non-hydrogen) atoms. The van der Waals surface area contributed by atoms with Crippen LogP contribution in [0.25, 0.3) is 5.65 Å². The highest BCUT2D eigenvalue weighted by Crippen LogP contribution is 2.23. The monoisotopic (exact) mass is 477 g/mol. The number of nitrogens with one attached hydrogen (secondary N) is 2. The lowest BCUT2D eigenvalue weighted by Gasteiger charge is -2.05. The average molecular weight is 478 g/mol. The number of allylic oxidation sites excluding steroid dienone is 4. The number of rotatable bonds is 5. The highest BCUT2D eigenvalue weighted by atomic mass is 32.1. The maximum absolute atomic E-state index is 12.6. The second-order valence-corrected chi connectivity index (χ2v) is 8.64. The zero-order valence-corrected chi connectivity index (χ0v) is 19.2. The molecule has 0 atom stereocenters. The first-order valence-corrected chi connectivity index (χ1v) is 11.8. The third-order valence-corrected chi connectivity index (χ3v) is 6.27. The van der Waals surface area contributed by atoms with Gasteiger partial charge in [-0.05, 0) is 60.2 Å². The summed E-state index contributed by atoms with van der Waals surface area (Å²) >= 11 is 1.35. The van der Waals surface area contributed by atoms with Crippen molar-refractivity contribution in [2.75, 3.05) is 5.32 Å². The zero-order valence-electron chi connectivity index (χ0n) is 18.4. The minimum absolute atomic E-state index is 0.111. The lowest BCUT2D eigenvalue weighted by atomic mass is 10.1. The molecule has 9 heteroatoms. The van der Waals surface area contributed by atoms with Crippen molar-refractivity contribution in [1.29, 1.82) is 0 Å². The molecule has 1 aromatic carbocycles. The molecule has 5 heterocycles. The molecule has 2 N–H and O–H groups in total. The van der Waals surface area contributed by atoms with Crippen LogP contribution < -0.4 is 10.1 Å². The number of amides is 1. The highest BCUT2D eigenvalue weighted by Gasteiger charge is 2.18. The third-order valence-electron chi connectivity index (χ3n) is 5.54. The Bertz CT molecular complexity index is 1650. The number of fused-ring (bicyclic) bond motifs is 1. The molecule has 0 unspecified atom stereocenters. The molecular weight excluding hydrogens is 458 g/mol. The van der Waals surface area contributed by atoms with Crippen molar-refractivity contribution < 1.29 is 4.79 Å². The number of aromatic amines is 1. The van der Waals surface area contributed by atoms with E-state index in [1.54, 1.807) is 12.4 Å². The van der Waals surface area contributed by atoms with Crippen LogP contribution in [0.2, 0.25) is 0 Å². The summed E-state index contributed by atoms with van der Waals surface area (Å²) in [5.74, 6) is 0.510. The smallest absolute Gasteiger partial charge is 0.229 e. The summed E-state index contributed by atoms with van der Waals surface area (Å²) in [5.41, 5.74) is 6.02. The summed E-state index contributed by atoms with van der Waals surface area (Å²) < 4.78 is 6.34. The molecular formula is C26H19N7OS. The summed E-state index contributed by atoms with van der Waals surface area (Å²) in [5, 5.41) is 2.93. The molecule has 0 spiro atoms. The van der Waals surface area contributed by atoms with Gasteiger partial charge in [0.25, 0.3) is 0 Å². The Balaban J connectivity index is 1.12. The molecule has 0 fully saturated rings. The van der Waals surface area contributed by atoms with Crippen LogP contribution in [-0.2, 0) is 11.2 Å². The van der Waals surface area contributed by atoms with Crippen LogP contribution in [0.4, 0.5) is 11.5 Å². The number of carbonyl (C=O) groups is 1. The maximum Gasteiger partial charge on any atom is 0.229 e. The predicted octanol–water partition coefficient (Wildman–Crippen LogP) is 4.35.